The van der Waals surface area contributed by atoms with Gasteiger partial charge in [0.1, 0.15) is 0 Å². The fraction of sp³-hybridized carbons (Fsp3) is 0.632. The standard InChI is InChI=1S/C19H29N3O3S/c1-4-21-11-10-19(9-8-18(21)23)15-22(13-12-20(19)3)26(24,25)17-7-5-6-16(2)14-17/h5-7,14H,4,8-13,15H2,1-3H3. The van der Waals surface area contributed by atoms with Crippen LogP contribution in [-0.2, 0) is 14.8 Å². The van der Waals surface area contributed by atoms with Gasteiger partial charge in [-0.3, -0.25) is 9.69 Å². The molecule has 26 heavy (non-hydrogen) atoms. The molecule has 6 nitrogen and oxygen atoms in total. The first-order valence-corrected chi connectivity index (χ1v) is 10.8. The predicted molar refractivity (Wildman–Crippen MR) is 101 cm³/mol. The first-order chi connectivity index (χ1) is 12.3. The van der Waals surface area contributed by atoms with Gasteiger partial charge < -0.3 is 4.90 Å². The quantitative estimate of drug-likeness (QED) is 0.802. The Morgan fingerprint density at radius 3 is 2.62 bits per heavy atom. The molecule has 0 radical (unpaired) electrons. The molecule has 7 heteroatoms. The molecular formula is C19H29N3O3S. The van der Waals surface area contributed by atoms with Crippen LogP contribution in [0.3, 0.4) is 0 Å². The van der Waals surface area contributed by atoms with Gasteiger partial charge in [0.2, 0.25) is 15.9 Å². The number of rotatable bonds is 3. The minimum absolute atomic E-state index is 0.177. The van der Waals surface area contributed by atoms with E-state index in [1.807, 2.05) is 24.8 Å². The molecule has 1 amide bonds. The maximum absolute atomic E-state index is 13.2. The third-order valence-electron chi connectivity index (χ3n) is 5.98. The van der Waals surface area contributed by atoms with E-state index in [9.17, 15) is 13.2 Å². The summed E-state index contributed by atoms with van der Waals surface area (Å²) in [5.74, 6) is 0.177. The highest BCUT2D eigenvalue weighted by Crippen LogP contribution is 2.34. The Hall–Kier alpha value is -1.44. The van der Waals surface area contributed by atoms with Gasteiger partial charge in [0.25, 0.3) is 0 Å². The number of nitrogens with zero attached hydrogens (tertiary/aromatic N) is 3. The van der Waals surface area contributed by atoms with Gasteiger partial charge in [0.05, 0.1) is 4.90 Å². The lowest BCUT2D eigenvalue weighted by molar-refractivity contribution is -0.130. The van der Waals surface area contributed by atoms with E-state index in [0.29, 0.717) is 50.5 Å². The largest absolute Gasteiger partial charge is 0.343 e. The van der Waals surface area contributed by atoms with Gasteiger partial charge in [-0.2, -0.15) is 4.31 Å². The molecule has 1 atom stereocenters. The number of hydrogen-bond donors (Lipinski definition) is 0. The lowest BCUT2D eigenvalue weighted by Crippen LogP contribution is -2.62. The molecule has 0 aliphatic carbocycles. The fourth-order valence-electron chi connectivity index (χ4n) is 4.12. The van der Waals surface area contributed by atoms with Gasteiger partial charge in [-0.1, -0.05) is 12.1 Å². The highest BCUT2D eigenvalue weighted by Gasteiger charge is 2.45. The molecule has 1 unspecified atom stereocenters. The third kappa shape index (κ3) is 3.52. The molecule has 2 saturated heterocycles. The Bertz CT molecular complexity index is 780. The molecule has 2 aliphatic heterocycles. The zero-order valence-electron chi connectivity index (χ0n) is 15.9. The molecule has 1 spiro atoms. The van der Waals surface area contributed by atoms with E-state index in [0.717, 1.165) is 12.0 Å². The molecule has 2 fully saturated rings. The number of amides is 1. The first-order valence-electron chi connectivity index (χ1n) is 9.34. The van der Waals surface area contributed by atoms with Gasteiger partial charge >= 0.3 is 0 Å². The molecule has 0 aromatic heterocycles. The van der Waals surface area contributed by atoms with Crippen LogP contribution in [0.4, 0.5) is 0 Å². The van der Waals surface area contributed by atoms with Gasteiger partial charge in [0, 0.05) is 44.7 Å². The SMILES string of the molecule is CCN1CCC2(CCC1=O)CN(S(=O)(=O)c1cccc(C)c1)CCN2C. The van der Waals surface area contributed by atoms with Gasteiger partial charge in [-0.15, -0.1) is 0 Å². The highest BCUT2D eigenvalue weighted by molar-refractivity contribution is 7.89. The molecule has 2 aliphatic rings. The molecule has 0 bridgehead atoms. The Morgan fingerprint density at radius 2 is 1.92 bits per heavy atom. The summed E-state index contributed by atoms with van der Waals surface area (Å²) in [7, 11) is -1.46. The summed E-state index contributed by atoms with van der Waals surface area (Å²) in [6, 6.07) is 7.09. The average molecular weight is 380 g/mol. The van der Waals surface area contributed by atoms with Crippen molar-refractivity contribution >= 4 is 15.9 Å². The zero-order valence-corrected chi connectivity index (χ0v) is 16.8. The second kappa shape index (κ2) is 7.29. The van der Waals surface area contributed by atoms with E-state index in [1.54, 1.807) is 22.5 Å². The van der Waals surface area contributed by atoms with Crippen LogP contribution in [0.1, 0.15) is 31.7 Å². The van der Waals surface area contributed by atoms with Crippen molar-refractivity contribution in [2.24, 2.45) is 0 Å². The summed E-state index contributed by atoms with van der Waals surface area (Å²) in [6.45, 7) is 6.92. The molecule has 0 N–H and O–H groups in total. The van der Waals surface area contributed by atoms with Crippen molar-refractivity contribution in [2.45, 2.75) is 43.5 Å². The monoisotopic (exact) mass is 379 g/mol. The summed E-state index contributed by atoms with van der Waals surface area (Å²) >= 11 is 0. The van der Waals surface area contributed by atoms with Crippen molar-refractivity contribution in [1.29, 1.82) is 0 Å². The van der Waals surface area contributed by atoms with E-state index in [1.165, 1.54) is 0 Å². The van der Waals surface area contributed by atoms with Crippen molar-refractivity contribution < 1.29 is 13.2 Å². The second-order valence-corrected chi connectivity index (χ2v) is 9.46. The number of hydrogen-bond acceptors (Lipinski definition) is 4. The van der Waals surface area contributed by atoms with Crippen LogP contribution in [0.15, 0.2) is 29.2 Å². The number of aryl methyl sites for hydroxylation is 1. The Labute approximate surface area is 156 Å². The van der Waals surface area contributed by atoms with Crippen molar-refractivity contribution in [2.75, 3.05) is 39.8 Å². The minimum Gasteiger partial charge on any atom is -0.343 e. The van der Waals surface area contributed by atoms with Crippen LogP contribution < -0.4 is 0 Å². The van der Waals surface area contributed by atoms with E-state index >= 15 is 0 Å². The van der Waals surface area contributed by atoms with Crippen molar-refractivity contribution in [3.8, 4) is 0 Å². The maximum Gasteiger partial charge on any atom is 0.243 e. The molecule has 1 aromatic carbocycles. The average Bonchev–Trinajstić information content (AvgIpc) is 2.77. The normalized spacial score (nSPS) is 26.3. The third-order valence-corrected chi connectivity index (χ3v) is 7.82. The van der Waals surface area contributed by atoms with Crippen LogP contribution in [0.5, 0.6) is 0 Å². The van der Waals surface area contributed by atoms with Crippen molar-refractivity contribution in [1.82, 2.24) is 14.1 Å². The highest BCUT2D eigenvalue weighted by atomic mass is 32.2. The van der Waals surface area contributed by atoms with E-state index in [2.05, 4.69) is 11.9 Å². The molecule has 1 aromatic rings. The number of carbonyl (C=O) groups excluding carboxylic acids is 1. The fourth-order valence-corrected chi connectivity index (χ4v) is 5.74. The van der Waals surface area contributed by atoms with E-state index in [4.69, 9.17) is 0 Å². The van der Waals surface area contributed by atoms with Gasteiger partial charge in [0.15, 0.2) is 0 Å². The summed E-state index contributed by atoms with van der Waals surface area (Å²) in [5, 5.41) is 0. The van der Waals surface area contributed by atoms with E-state index in [-0.39, 0.29) is 11.4 Å². The molecule has 3 rings (SSSR count). The molecular weight excluding hydrogens is 350 g/mol. The summed E-state index contributed by atoms with van der Waals surface area (Å²) in [5.41, 5.74) is 0.669. The van der Waals surface area contributed by atoms with E-state index < -0.39 is 10.0 Å². The predicted octanol–water partition coefficient (Wildman–Crippen LogP) is 1.70. The number of likely N-dealkylation sites (tertiary alicyclic amines) is 1. The number of benzene rings is 1. The van der Waals surface area contributed by atoms with Crippen molar-refractivity contribution in [3.05, 3.63) is 29.8 Å². The maximum atomic E-state index is 13.2. The summed E-state index contributed by atoms with van der Waals surface area (Å²) < 4.78 is 28.0. The van der Waals surface area contributed by atoms with Gasteiger partial charge in [-0.25, -0.2) is 8.42 Å². The number of likely N-dealkylation sites (N-methyl/N-ethyl adjacent to an activating group) is 1. The number of carbonyl (C=O) groups is 1. The van der Waals surface area contributed by atoms with Crippen LogP contribution >= 0.6 is 0 Å². The van der Waals surface area contributed by atoms with Gasteiger partial charge in [-0.05, 0) is 51.4 Å². The topological polar surface area (TPSA) is 60.9 Å². The molecule has 144 valence electrons. The molecule has 0 saturated carbocycles. The van der Waals surface area contributed by atoms with Crippen LogP contribution in [-0.4, -0.2) is 73.7 Å². The lowest BCUT2D eigenvalue weighted by Gasteiger charge is -2.48. The minimum atomic E-state index is -3.52. The Kier molecular flexibility index (Phi) is 5.42. The lowest BCUT2D eigenvalue weighted by atomic mass is 9.87. The Balaban J connectivity index is 1.87. The first kappa shape index (κ1) is 19.3. The van der Waals surface area contributed by atoms with Crippen LogP contribution in [0, 0.1) is 6.92 Å². The second-order valence-electron chi connectivity index (χ2n) is 7.52. The number of piperazine rings is 1. The van der Waals surface area contributed by atoms with Crippen molar-refractivity contribution in [3.63, 3.8) is 0 Å². The number of sulfonamides is 1. The molecule has 2 heterocycles. The Morgan fingerprint density at radius 1 is 1.15 bits per heavy atom. The smallest absolute Gasteiger partial charge is 0.243 e. The summed E-state index contributed by atoms with van der Waals surface area (Å²) in [4.78, 5) is 16.8. The zero-order chi connectivity index (χ0) is 18.9. The summed E-state index contributed by atoms with van der Waals surface area (Å²) in [6.07, 6.45) is 2.00. The van der Waals surface area contributed by atoms with Crippen LogP contribution in [0.2, 0.25) is 0 Å². The van der Waals surface area contributed by atoms with Crippen LogP contribution in [0.25, 0.3) is 0 Å².